The molecule has 0 fully saturated rings. The van der Waals surface area contributed by atoms with E-state index in [4.69, 9.17) is 0 Å². The number of amides is 1. The molecular formula is C10H7BrN4OS. The Morgan fingerprint density at radius 2 is 2.18 bits per heavy atom. The number of hydrogen-bond donors (Lipinski definition) is 1. The lowest BCUT2D eigenvalue weighted by atomic mass is 10.2. The third kappa shape index (κ3) is 1.91. The molecule has 1 aromatic carbocycles. The summed E-state index contributed by atoms with van der Waals surface area (Å²) in [5, 5.41) is 11.5. The number of nitrogens with one attached hydrogen (secondary N) is 1. The quantitative estimate of drug-likeness (QED) is 0.878. The topological polar surface area (TPSA) is 58.1 Å². The number of hydrogen-bond acceptors (Lipinski definition) is 5. The summed E-state index contributed by atoms with van der Waals surface area (Å²) in [5.41, 5.74) is 1.74. The summed E-state index contributed by atoms with van der Waals surface area (Å²) in [4.78, 5) is 13.5. The number of carbonyl (C=O) groups excluding carboxylic acids is 1. The van der Waals surface area contributed by atoms with Gasteiger partial charge in [-0.1, -0.05) is 23.5 Å². The van der Waals surface area contributed by atoms with Crippen molar-refractivity contribution < 1.29 is 4.79 Å². The highest BCUT2D eigenvalue weighted by molar-refractivity contribution is 9.11. The van der Waals surface area contributed by atoms with Gasteiger partial charge >= 0.3 is 0 Å². The highest BCUT2D eigenvalue weighted by Crippen LogP contribution is 2.36. The van der Waals surface area contributed by atoms with Gasteiger partial charge in [-0.3, -0.25) is 4.79 Å². The zero-order chi connectivity index (χ0) is 11.8. The first-order valence-electron chi connectivity index (χ1n) is 4.89. The minimum atomic E-state index is -0.0463. The van der Waals surface area contributed by atoms with Gasteiger partial charge in [0.05, 0.1) is 11.4 Å². The molecule has 7 heteroatoms. The number of carbonyl (C=O) groups is 1. The maximum atomic E-state index is 11.6. The maximum Gasteiger partial charge on any atom is 0.244 e. The molecule has 3 rings (SSSR count). The highest BCUT2D eigenvalue weighted by Gasteiger charge is 2.25. The average molecular weight is 311 g/mol. The molecule has 86 valence electrons. The standard InChI is InChI=1S/C10H7BrN4OS/c11-9-13-14-10(17-9)15-5-8(16)12-6-3-1-2-4-7(6)15/h1-4H,5H2,(H,12,16). The highest BCUT2D eigenvalue weighted by atomic mass is 79.9. The Morgan fingerprint density at radius 3 is 2.94 bits per heavy atom. The molecule has 2 aromatic rings. The second-order valence-corrected chi connectivity index (χ2v) is 5.72. The van der Waals surface area contributed by atoms with Crippen LogP contribution in [0.1, 0.15) is 0 Å². The number of halogens is 1. The number of rotatable bonds is 1. The molecule has 0 spiro atoms. The predicted octanol–water partition coefficient (Wildman–Crippen LogP) is 2.39. The van der Waals surface area contributed by atoms with Gasteiger partial charge < -0.3 is 10.2 Å². The Hall–Kier alpha value is -1.47. The lowest BCUT2D eigenvalue weighted by Gasteiger charge is -2.28. The van der Waals surface area contributed by atoms with Crippen LogP contribution in [-0.4, -0.2) is 22.6 Å². The maximum absolute atomic E-state index is 11.6. The van der Waals surface area contributed by atoms with E-state index in [1.807, 2.05) is 29.2 Å². The van der Waals surface area contributed by atoms with Crippen LogP contribution in [0.5, 0.6) is 0 Å². The molecule has 1 aliphatic rings. The van der Waals surface area contributed by atoms with Crippen LogP contribution >= 0.6 is 27.3 Å². The molecule has 0 radical (unpaired) electrons. The van der Waals surface area contributed by atoms with E-state index >= 15 is 0 Å². The Kier molecular flexibility index (Phi) is 2.56. The van der Waals surface area contributed by atoms with E-state index in [9.17, 15) is 4.79 Å². The van der Waals surface area contributed by atoms with E-state index in [1.165, 1.54) is 11.3 Å². The smallest absolute Gasteiger partial charge is 0.244 e. The third-order valence-corrected chi connectivity index (χ3v) is 3.77. The Bertz CT molecular complexity index is 585. The predicted molar refractivity (Wildman–Crippen MR) is 69.7 cm³/mol. The monoisotopic (exact) mass is 310 g/mol. The zero-order valence-electron chi connectivity index (χ0n) is 8.55. The first-order chi connectivity index (χ1) is 8.24. The Balaban J connectivity index is 2.09. The summed E-state index contributed by atoms with van der Waals surface area (Å²) >= 11 is 4.67. The summed E-state index contributed by atoms with van der Waals surface area (Å²) in [5.74, 6) is -0.0463. The van der Waals surface area contributed by atoms with Crippen molar-refractivity contribution in [3.8, 4) is 0 Å². The van der Waals surface area contributed by atoms with Gasteiger partial charge in [-0.2, -0.15) is 0 Å². The first-order valence-corrected chi connectivity index (χ1v) is 6.50. The number of anilines is 3. The molecule has 0 atom stereocenters. The molecule has 0 saturated heterocycles. The van der Waals surface area contributed by atoms with Gasteiger partial charge in [-0.15, -0.1) is 10.2 Å². The fraction of sp³-hybridized carbons (Fsp3) is 0.100. The minimum absolute atomic E-state index is 0.0463. The second-order valence-electron chi connectivity index (χ2n) is 3.49. The van der Waals surface area contributed by atoms with Crippen molar-refractivity contribution in [2.24, 2.45) is 0 Å². The van der Waals surface area contributed by atoms with Crippen molar-refractivity contribution in [2.75, 3.05) is 16.8 Å². The van der Waals surface area contributed by atoms with Gasteiger partial charge in [-0.05, 0) is 28.1 Å². The van der Waals surface area contributed by atoms with Crippen LogP contribution < -0.4 is 10.2 Å². The van der Waals surface area contributed by atoms with Gasteiger partial charge in [-0.25, -0.2) is 0 Å². The van der Waals surface area contributed by atoms with E-state index in [2.05, 4.69) is 31.4 Å². The van der Waals surface area contributed by atoms with E-state index in [0.29, 0.717) is 9.05 Å². The van der Waals surface area contributed by atoms with Crippen LogP contribution in [0, 0.1) is 0 Å². The van der Waals surface area contributed by atoms with Crippen LogP contribution in [0.25, 0.3) is 0 Å². The van der Waals surface area contributed by atoms with Crippen molar-refractivity contribution in [2.45, 2.75) is 0 Å². The van der Waals surface area contributed by atoms with Crippen LogP contribution in [0.15, 0.2) is 28.2 Å². The summed E-state index contributed by atoms with van der Waals surface area (Å²) in [6.45, 7) is 0.263. The van der Waals surface area contributed by atoms with Gasteiger partial charge in [0.2, 0.25) is 11.0 Å². The fourth-order valence-electron chi connectivity index (χ4n) is 1.71. The second kappa shape index (κ2) is 4.08. The number of benzene rings is 1. The number of aromatic nitrogens is 2. The molecule has 5 nitrogen and oxygen atoms in total. The fourth-order valence-corrected chi connectivity index (χ4v) is 2.81. The number of para-hydroxylation sites is 2. The van der Waals surface area contributed by atoms with Crippen molar-refractivity contribution >= 4 is 49.7 Å². The van der Waals surface area contributed by atoms with E-state index in [-0.39, 0.29) is 12.5 Å². The summed E-state index contributed by atoms with van der Waals surface area (Å²) < 4.78 is 0.705. The molecule has 1 aliphatic heterocycles. The van der Waals surface area contributed by atoms with E-state index < -0.39 is 0 Å². The van der Waals surface area contributed by atoms with Gasteiger partial charge in [0.15, 0.2) is 3.92 Å². The van der Waals surface area contributed by atoms with Crippen molar-refractivity contribution in [3.63, 3.8) is 0 Å². The normalized spacial score (nSPS) is 14.4. The number of fused-ring (bicyclic) bond motifs is 1. The van der Waals surface area contributed by atoms with Crippen LogP contribution in [0.4, 0.5) is 16.5 Å². The lowest BCUT2D eigenvalue weighted by Crippen LogP contribution is -2.34. The Labute approximate surface area is 110 Å². The molecule has 0 aliphatic carbocycles. The summed E-state index contributed by atoms with van der Waals surface area (Å²) in [6.07, 6.45) is 0. The van der Waals surface area contributed by atoms with E-state index in [1.54, 1.807) is 0 Å². The molecule has 0 bridgehead atoms. The summed E-state index contributed by atoms with van der Waals surface area (Å²) in [6, 6.07) is 7.64. The molecule has 1 aromatic heterocycles. The third-order valence-electron chi connectivity index (χ3n) is 2.39. The zero-order valence-corrected chi connectivity index (χ0v) is 11.0. The Morgan fingerprint density at radius 1 is 1.35 bits per heavy atom. The van der Waals surface area contributed by atoms with Crippen LogP contribution in [-0.2, 0) is 4.79 Å². The molecule has 1 amide bonds. The van der Waals surface area contributed by atoms with Gasteiger partial charge in [0, 0.05) is 0 Å². The van der Waals surface area contributed by atoms with Crippen LogP contribution in [0.3, 0.4) is 0 Å². The molecule has 17 heavy (non-hydrogen) atoms. The molecule has 0 saturated carbocycles. The first kappa shape index (κ1) is 10.7. The van der Waals surface area contributed by atoms with Gasteiger partial charge in [0.1, 0.15) is 6.54 Å². The molecule has 2 heterocycles. The lowest BCUT2D eigenvalue weighted by molar-refractivity contribution is -0.115. The number of nitrogens with zero attached hydrogens (tertiary/aromatic N) is 3. The van der Waals surface area contributed by atoms with E-state index in [0.717, 1.165) is 11.4 Å². The van der Waals surface area contributed by atoms with Crippen molar-refractivity contribution in [1.82, 2.24) is 10.2 Å². The van der Waals surface area contributed by atoms with Crippen molar-refractivity contribution in [3.05, 3.63) is 28.2 Å². The van der Waals surface area contributed by atoms with Gasteiger partial charge in [0.25, 0.3) is 0 Å². The van der Waals surface area contributed by atoms with Crippen molar-refractivity contribution in [1.29, 1.82) is 0 Å². The largest absolute Gasteiger partial charge is 0.323 e. The van der Waals surface area contributed by atoms with Crippen LogP contribution in [0.2, 0.25) is 0 Å². The molecule has 1 N–H and O–H groups in total. The minimum Gasteiger partial charge on any atom is -0.323 e. The SMILES string of the molecule is O=C1CN(c2nnc(Br)s2)c2ccccc2N1. The summed E-state index contributed by atoms with van der Waals surface area (Å²) in [7, 11) is 0. The average Bonchev–Trinajstić information content (AvgIpc) is 2.74. The molecular weight excluding hydrogens is 304 g/mol. The molecule has 0 unspecified atom stereocenters.